The maximum atomic E-state index is 14.0. The van der Waals surface area contributed by atoms with Crippen LogP contribution in [-0.4, -0.2) is 57.3 Å². The molecule has 50 heavy (non-hydrogen) atoms. The first kappa shape index (κ1) is 37.9. The van der Waals surface area contributed by atoms with Gasteiger partial charge in [0, 0.05) is 48.7 Å². The molecule has 0 fully saturated rings. The molecular weight excluding hydrogens is 713 g/mol. The maximum absolute atomic E-state index is 14.0. The SMILES string of the molecule is NCCSc1c(N)cc(C(F)(F)F)cc1NC(=O)c1cc(C(=O)Nc2cc(C(F)(F)F)cc(NC(=O)c3cccnc3)c2SCCN)ncn1. The molecule has 4 rings (SSSR count). The molecule has 0 saturated heterocycles. The van der Waals surface area contributed by atoms with Crippen LogP contribution < -0.4 is 33.2 Å². The average molecular weight is 740 g/mol. The van der Waals surface area contributed by atoms with Crippen molar-refractivity contribution >= 4 is 64.0 Å². The number of alkyl halides is 6. The summed E-state index contributed by atoms with van der Waals surface area (Å²) in [5.74, 6) is -2.47. The van der Waals surface area contributed by atoms with E-state index in [0.29, 0.717) is 24.3 Å². The molecule has 2 aromatic heterocycles. The first-order valence-electron chi connectivity index (χ1n) is 14.2. The Morgan fingerprint density at radius 1 is 0.700 bits per heavy atom. The predicted molar refractivity (Wildman–Crippen MR) is 177 cm³/mol. The fraction of sp³-hybridized carbons (Fsp3) is 0.200. The van der Waals surface area contributed by atoms with Gasteiger partial charge < -0.3 is 33.2 Å². The second-order valence-electron chi connectivity index (χ2n) is 10.0. The molecule has 264 valence electrons. The number of nitrogens with zero attached hydrogens (tertiary/aromatic N) is 3. The number of aromatic nitrogens is 3. The lowest BCUT2D eigenvalue weighted by Gasteiger charge is -2.19. The van der Waals surface area contributed by atoms with Gasteiger partial charge >= 0.3 is 12.4 Å². The van der Waals surface area contributed by atoms with E-state index < -0.39 is 52.6 Å². The topological polar surface area (TPSA) is 204 Å². The molecular formula is C30H27F6N9O3S2. The van der Waals surface area contributed by atoms with Gasteiger partial charge in [0.15, 0.2) is 0 Å². The van der Waals surface area contributed by atoms with Crippen LogP contribution >= 0.6 is 23.5 Å². The lowest BCUT2D eigenvalue weighted by molar-refractivity contribution is -0.138. The van der Waals surface area contributed by atoms with Crippen molar-refractivity contribution in [2.24, 2.45) is 11.5 Å². The lowest BCUT2D eigenvalue weighted by atomic mass is 10.1. The van der Waals surface area contributed by atoms with E-state index in [9.17, 15) is 40.7 Å². The fourth-order valence-corrected chi connectivity index (χ4v) is 5.86. The van der Waals surface area contributed by atoms with E-state index in [4.69, 9.17) is 17.2 Å². The van der Waals surface area contributed by atoms with Crippen molar-refractivity contribution in [1.82, 2.24) is 15.0 Å². The number of amides is 3. The van der Waals surface area contributed by atoms with E-state index in [-0.39, 0.29) is 62.7 Å². The summed E-state index contributed by atoms with van der Waals surface area (Å²) in [7, 11) is 0. The minimum Gasteiger partial charge on any atom is -0.398 e. The molecule has 9 N–H and O–H groups in total. The van der Waals surface area contributed by atoms with Crippen LogP contribution in [0.2, 0.25) is 0 Å². The number of thioether (sulfide) groups is 2. The molecule has 2 heterocycles. The van der Waals surface area contributed by atoms with Crippen molar-refractivity contribution in [3.05, 3.63) is 89.3 Å². The Bertz CT molecular complexity index is 1880. The summed E-state index contributed by atoms with van der Waals surface area (Å²) in [4.78, 5) is 51.0. The van der Waals surface area contributed by atoms with Crippen LogP contribution in [0.25, 0.3) is 0 Å². The molecule has 0 saturated carbocycles. The van der Waals surface area contributed by atoms with E-state index in [0.717, 1.165) is 35.9 Å². The minimum absolute atomic E-state index is 0.0331. The molecule has 2 aromatic carbocycles. The second kappa shape index (κ2) is 16.2. The van der Waals surface area contributed by atoms with Gasteiger partial charge in [-0.3, -0.25) is 19.4 Å². The number of hydrogen-bond acceptors (Lipinski definition) is 11. The third-order valence-corrected chi connectivity index (χ3v) is 8.74. The number of benzene rings is 2. The van der Waals surface area contributed by atoms with E-state index in [1.54, 1.807) is 0 Å². The molecule has 0 spiro atoms. The zero-order valence-corrected chi connectivity index (χ0v) is 27.1. The minimum atomic E-state index is -4.90. The van der Waals surface area contributed by atoms with Gasteiger partial charge in [-0.2, -0.15) is 26.3 Å². The first-order valence-corrected chi connectivity index (χ1v) is 16.2. The zero-order valence-electron chi connectivity index (χ0n) is 25.5. The molecule has 0 aliphatic carbocycles. The van der Waals surface area contributed by atoms with E-state index >= 15 is 0 Å². The number of pyridine rings is 1. The largest absolute Gasteiger partial charge is 0.416 e. The normalized spacial score (nSPS) is 11.6. The van der Waals surface area contributed by atoms with Gasteiger partial charge in [-0.15, -0.1) is 23.5 Å². The van der Waals surface area contributed by atoms with Crippen LogP contribution in [0.1, 0.15) is 42.5 Å². The predicted octanol–water partition coefficient (Wildman–Crippen LogP) is 5.35. The van der Waals surface area contributed by atoms with Crippen molar-refractivity contribution in [3.63, 3.8) is 0 Å². The van der Waals surface area contributed by atoms with Gasteiger partial charge in [0.2, 0.25) is 0 Å². The summed E-state index contributed by atoms with van der Waals surface area (Å²) in [5, 5.41) is 7.08. The summed E-state index contributed by atoms with van der Waals surface area (Å²) in [6.45, 7) is 0.239. The quantitative estimate of drug-likeness (QED) is 0.0621. The number of anilines is 4. The zero-order chi connectivity index (χ0) is 36.6. The van der Waals surface area contributed by atoms with Crippen molar-refractivity contribution in [2.45, 2.75) is 22.1 Å². The third kappa shape index (κ3) is 9.61. The monoisotopic (exact) mass is 739 g/mol. The summed E-state index contributed by atoms with van der Waals surface area (Å²) >= 11 is 1.96. The van der Waals surface area contributed by atoms with Crippen LogP contribution in [0.5, 0.6) is 0 Å². The van der Waals surface area contributed by atoms with Crippen molar-refractivity contribution < 1.29 is 40.7 Å². The Hall–Kier alpha value is -4.92. The lowest BCUT2D eigenvalue weighted by Crippen LogP contribution is -2.20. The standard InChI is InChI=1S/C30H27F6N9O3S2/c31-29(32,33)16-8-18(39)24(49-6-3-37)19(9-16)44-27(47)22-12-23(42-14-41-22)28(48)45-21-11-17(30(34,35)36)10-20(25(21)50-7-4-38)43-26(46)15-2-1-5-40-13-15/h1-2,5,8-14H,3-4,6-7,37-39H2,(H,43,46)(H,44,47)(H,45,48). The van der Waals surface area contributed by atoms with Crippen LogP contribution in [0.15, 0.2) is 71.0 Å². The summed E-state index contributed by atoms with van der Waals surface area (Å²) in [6, 6.07) is 6.50. The van der Waals surface area contributed by atoms with Crippen LogP contribution in [0.3, 0.4) is 0 Å². The highest BCUT2D eigenvalue weighted by Crippen LogP contribution is 2.42. The molecule has 12 nitrogen and oxygen atoms in total. The molecule has 0 atom stereocenters. The van der Waals surface area contributed by atoms with E-state index in [1.807, 2.05) is 0 Å². The molecule has 3 amide bonds. The van der Waals surface area contributed by atoms with Gasteiger partial charge in [-0.1, -0.05) is 0 Å². The summed E-state index contributed by atoms with van der Waals surface area (Å²) in [5.41, 5.74) is 12.5. The van der Waals surface area contributed by atoms with E-state index in [2.05, 4.69) is 30.9 Å². The Balaban J connectivity index is 1.68. The van der Waals surface area contributed by atoms with Gasteiger partial charge in [0.25, 0.3) is 17.7 Å². The van der Waals surface area contributed by atoms with Gasteiger partial charge in [-0.05, 0) is 36.4 Å². The van der Waals surface area contributed by atoms with Crippen molar-refractivity contribution in [3.8, 4) is 0 Å². The Morgan fingerprint density at radius 2 is 1.18 bits per heavy atom. The molecule has 20 heteroatoms. The number of carbonyl (C=O) groups is 3. The van der Waals surface area contributed by atoms with Crippen molar-refractivity contribution in [1.29, 1.82) is 0 Å². The first-order chi connectivity index (χ1) is 23.6. The summed E-state index contributed by atoms with van der Waals surface area (Å²) in [6.07, 6.45) is -6.27. The van der Waals surface area contributed by atoms with Crippen molar-refractivity contribution in [2.75, 3.05) is 46.3 Å². The van der Waals surface area contributed by atoms with Crippen LogP contribution in [0, 0.1) is 0 Å². The molecule has 0 bridgehead atoms. The highest BCUT2D eigenvalue weighted by molar-refractivity contribution is 7.99. The molecule has 0 unspecified atom stereocenters. The molecule has 4 aromatic rings. The smallest absolute Gasteiger partial charge is 0.398 e. The highest BCUT2D eigenvalue weighted by atomic mass is 32.2. The number of carbonyl (C=O) groups excluding carboxylic acids is 3. The number of halogens is 6. The van der Waals surface area contributed by atoms with Gasteiger partial charge in [0.1, 0.15) is 17.7 Å². The fourth-order valence-electron chi connectivity index (χ4n) is 4.19. The third-order valence-electron chi connectivity index (χ3n) is 6.39. The van der Waals surface area contributed by atoms with E-state index in [1.165, 1.54) is 24.5 Å². The number of rotatable bonds is 12. The van der Waals surface area contributed by atoms with Crippen LogP contribution in [-0.2, 0) is 12.4 Å². The highest BCUT2D eigenvalue weighted by Gasteiger charge is 2.34. The Morgan fingerprint density at radius 3 is 1.66 bits per heavy atom. The molecule has 0 aliphatic heterocycles. The Kier molecular flexibility index (Phi) is 12.3. The Labute approximate surface area is 288 Å². The second-order valence-corrected chi connectivity index (χ2v) is 12.2. The molecule has 0 radical (unpaired) electrons. The summed E-state index contributed by atoms with van der Waals surface area (Å²) < 4.78 is 82.5. The average Bonchev–Trinajstić information content (AvgIpc) is 3.06. The van der Waals surface area contributed by atoms with Gasteiger partial charge in [0.05, 0.1) is 43.5 Å². The number of nitrogen functional groups attached to an aromatic ring is 1. The number of hydrogen-bond donors (Lipinski definition) is 6. The van der Waals surface area contributed by atoms with Gasteiger partial charge in [-0.25, -0.2) is 9.97 Å². The molecule has 0 aliphatic rings. The van der Waals surface area contributed by atoms with Crippen LogP contribution in [0.4, 0.5) is 49.1 Å². The number of nitrogens with two attached hydrogens (primary N) is 3. The number of nitrogens with one attached hydrogen (secondary N) is 3. The maximum Gasteiger partial charge on any atom is 0.416 e.